The van der Waals surface area contributed by atoms with Crippen LogP contribution in [0.3, 0.4) is 0 Å². The number of rotatable bonds is 4. The van der Waals surface area contributed by atoms with Crippen LogP contribution in [0.15, 0.2) is 22.7 Å². The zero-order valence-corrected chi connectivity index (χ0v) is 12.1. The van der Waals surface area contributed by atoms with Gasteiger partial charge in [-0.15, -0.1) is 0 Å². The number of carbonyl (C=O) groups excluding carboxylic acids is 1. The van der Waals surface area contributed by atoms with Crippen molar-refractivity contribution in [3.05, 3.63) is 41.1 Å². The van der Waals surface area contributed by atoms with Crippen LogP contribution in [0.2, 0.25) is 0 Å². The van der Waals surface area contributed by atoms with E-state index in [0.29, 0.717) is 23.8 Å². The standard InChI is InChI=1S/C16H20N2O2/c1-11-9-15(12(2)20-11)16(19)10-13-7-8-18(17-13)14-5-3-4-6-14/h7-9,14H,3-6,10H2,1-2H3. The van der Waals surface area contributed by atoms with Crippen molar-refractivity contribution in [2.75, 3.05) is 0 Å². The van der Waals surface area contributed by atoms with Crippen LogP contribution in [0.1, 0.15) is 59.3 Å². The van der Waals surface area contributed by atoms with Gasteiger partial charge in [-0.25, -0.2) is 0 Å². The molecule has 20 heavy (non-hydrogen) atoms. The summed E-state index contributed by atoms with van der Waals surface area (Å²) in [6.07, 6.45) is 7.33. The second kappa shape index (κ2) is 5.27. The number of carbonyl (C=O) groups is 1. The van der Waals surface area contributed by atoms with E-state index < -0.39 is 0 Å². The maximum atomic E-state index is 12.3. The lowest BCUT2D eigenvalue weighted by atomic mass is 10.1. The summed E-state index contributed by atoms with van der Waals surface area (Å²) in [6, 6.07) is 4.29. The Morgan fingerprint density at radius 3 is 2.80 bits per heavy atom. The quantitative estimate of drug-likeness (QED) is 0.798. The highest BCUT2D eigenvalue weighted by atomic mass is 16.3. The Kier molecular flexibility index (Phi) is 3.47. The third-order valence-electron chi connectivity index (χ3n) is 4.05. The second-order valence-corrected chi connectivity index (χ2v) is 5.65. The van der Waals surface area contributed by atoms with Crippen LogP contribution < -0.4 is 0 Å². The van der Waals surface area contributed by atoms with Gasteiger partial charge in [-0.1, -0.05) is 12.8 Å². The smallest absolute Gasteiger partial charge is 0.172 e. The van der Waals surface area contributed by atoms with Gasteiger partial charge in [0.15, 0.2) is 5.78 Å². The van der Waals surface area contributed by atoms with Gasteiger partial charge < -0.3 is 4.42 Å². The monoisotopic (exact) mass is 272 g/mol. The molecule has 0 N–H and O–H groups in total. The summed E-state index contributed by atoms with van der Waals surface area (Å²) < 4.78 is 7.44. The van der Waals surface area contributed by atoms with Crippen LogP contribution in [0.25, 0.3) is 0 Å². The fourth-order valence-electron chi connectivity index (χ4n) is 3.01. The molecule has 0 saturated heterocycles. The number of aryl methyl sites for hydroxylation is 2. The average Bonchev–Trinajstić information content (AvgIpc) is 3.09. The number of nitrogens with zero attached hydrogens (tertiary/aromatic N) is 2. The summed E-state index contributed by atoms with van der Waals surface area (Å²) in [4.78, 5) is 12.3. The molecule has 0 amide bonds. The van der Waals surface area contributed by atoms with Gasteiger partial charge in [-0.2, -0.15) is 5.10 Å². The maximum Gasteiger partial charge on any atom is 0.172 e. The first-order valence-electron chi connectivity index (χ1n) is 7.28. The van der Waals surface area contributed by atoms with Gasteiger partial charge in [0, 0.05) is 6.20 Å². The van der Waals surface area contributed by atoms with Crippen molar-refractivity contribution in [2.24, 2.45) is 0 Å². The maximum absolute atomic E-state index is 12.3. The first kappa shape index (κ1) is 13.2. The Hall–Kier alpha value is -1.84. The third kappa shape index (κ3) is 2.55. The van der Waals surface area contributed by atoms with Crippen LogP contribution >= 0.6 is 0 Å². The molecule has 0 spiro atoms. The van der Waals surface area contributed by atoms with Gasteiger partial charge in [0.1, 0.15) is 11.5 Å². The summed E-state index contributed by atoms with van der Waals surface area (Å²) in [5.41, 5.74) is 1.53. The van der Waals surface area contributed by atoms with Crippen LogP contribution in [0.5, 0.6) is 0 Å². The number of Topliss-reactive ketones (excluding diaryl/α,β-unsaturated/α-hetero) is 1. The Balaban J connectivity index is 1.71. The molecule has 3 rings (SSSR count). The molecule has 2 heterocycles. The molecule has 106 valence electrons. The van der Waals surface area contributed by atoms with Gasteiger partial charge in [0.2, 0.25) is 0 Å². The first-order chi connectivity index (χ1) is 9.63. The predicted octanol–water partition coefficient (Wildman–Crippen LogP) is 3.63. The molecule has 0 aliphatic heterocycles. The minimum Gasteiger partial charge on any atom is -0.466 e. The third-order valence-corrected chi connectivity index (χ3v) is 4.05. The summed E-state index contributed by atoms with van der Waals surface area (Å²) >= 11 is 0. The van der Waals surface area contributed by atoms with Crippen molar-refractivity contribution in [1.82, 2.24) is 9.78 Å². The van der Waals surface area contributed by atoms with Crippen molar-refractivity contribution in [3.63, 3.8) is 0 Å². The molecule has 4 heteroatoms. The average molecular weight is 272 g/mol. The molecular formula is C16H20N2O2. The summed E-state index contributed by atoms with van der Waals surface area (Å²) in [7, 11) is 0. The van der Waals surface area contributed by atoms with Gasteiger partial charge in [-0.05, 0) is 38.8 Å². The molecule has 1 aliphatic rings. The largest absolute Gasteiger partial charge is 0.466 e. The normalized spacial score (nSPS) is 15.9. The number of ketones is 1. The molecular weight excluding hydrogens is 252 g/mol. The molecule has 1 aliphatic carbocycles. The van der Waals surface area contributed by atoms with Crippen molar-refractivity contribution in [3.8, 4) is 0 Å². The number of hydrogen-bond donors (Lipinski definition) is 0. The summed E-state index contributed by atoms with van der Waals surface area (Å²) in [5.74, 6) is 1.56. The molecule has 4 nitrogen and oxygen atoms in total. The van der Waals surface area contributed by atoms with Crippen molar-refractivity contribution >= 4 is 5.78 Å². The van der Waals surface area contributed by atoms with E-state index in [-0.39, 0.29) is 5.78 Å². The van der Waals surface area contributed by atoms with Crippen LogP contribution in [-0.4, -0.2) is 15.6 Å². The van der Waals surface area contributed by atoms with Crippen molar-refractivity contribution in [2.45, 2.75) is 52.0 Å². The van der Waals surface area contributed by atoms with Crippen LogP contribution in [0, 0.1) is 13.8 Å². The molecule has 1 saturated carbocycles. The molecule has 0 aromatic carbocycles. The lowest BCUT2D eigenvalue weighted by Crippen LogP contribution is -2.08. The first-order valence-corrected chi connectivity index (χ1v) is 7.28. The van der Waals surface area contributed by atoms with E-state index in [9.17, 15) is 4.79 Å². The SMILES string of the molecule is Cc1cc(C(=O)Cc2ccn(C3CCCC3)n2)c(C)o1. The van der Waals surface area contributed by atoms with E-state index >= 15 is 0 Å². The molecule has 1 fully saturated rings. The minimum atomic E-state index is 0.0796. The molecule has 0 bridgehead atoms. The molecule has 0 atom stereocenters. The fraction of sp³-hybridized carbons (Fsp3) is 0.500. The van der Waals surface area contributed by atoms with E-state index in [2.05, 4.69) is 5.10 Å². The summed E-state index contributed by atoms with van der Waals surface area (Å²) in [6.45, 7) is 3.69. The van der Waals surface area contributed by atoms with Crippen molar-refractivity contribution in [1.29, 1.82) is 0 Å². The number of hydrogen-bond acceptors (Lipinski definition) is 3. The molecule has 2 aromatic heterocycles. The molecule has 0 unspecified atom stereocenters. The second-order valence-electron chi connectivity index (χ2n) is 5.65. The molecule has 2 aromatic rings. The van der Waals surface area contributed by atoms with E-state index in [1.807, 2.05) is 36.9 Å². The highest BCUT2D eigenvalue weighted by molar-refractivity contribution is 5.98. The predicted molar refractivity (Wildman–Crippen MR) is 75.9 cm³/mol. The Bertz CT molecular complexity index is 618. The van der Waals surface area contributed by atoms with E-state index in [1.54, 1.807) is 0 Å². The van der Waals surface area contributed by atoms with Crippen LogP contribution in [0.4, 0.5) is 0 Å². The lowest BCUT2D eigenvalue weighted by Gasteiger charge is -2.08. The fourth-order valence-corrected chi connectivity index (χ4v) is 3.01. The number of furan rings is 1. The van der Waals surface area contributed by atoms with E-state index in [1.165, 1.54) is 25.7 Å². The topological polar surface area (TPSA) is 48.0 Å². The van der Waals surface area contributed by atoms with Crippen molar-refractivity contribution < 1.29 is 9.21 Å². The highest BCUT2D eigenvalue weighted by Crippen LogP contribution is 2.28. The van der Waals surface area contributed by atoms with Crippen LogP contribution in [-0.2, 0) is 6.42 Å². The number of aromatic nitrogens is 2. The van der Waals surface area contributed by atoms with Gasteiger partial charge in [-0.3, -0.25) is 9.48 Å². The highest BCUT2D eigenvalue weighted by Gasteiger charge is 2.19. The van der Waals surface area contributed by atoms with E-state index in [4.69, 9.17) is 4.42 Å². The zero-order valence-electron chi connectivity index (χ0n) is 12.1. The zero-order chi connectivity index (χ0) is 14.1. The van der Waals surface area contributed by atoms with Gasteiger partial charge in [0.05, 0.1) is 23.7 Å². The van der Waals surface area contributed by atoms with Gasteiger partial charge >= 0.3 is 0 Å². The van der Waals surface area contributed by atoms with Gasteiger partial charge in [0.25, 0.3) is 0 Å². The molecule has 0 radical (unpaired) electrons. The Morgan fingerprint density at radius 2 is 2.15 bits per heavy atom. The Morgan fingerprint density at radius 1 is 1.40 bits per heavy atom. The van der Waals surface area contributed by atoms with E-state index in [0.717, 1.165) is 11.5 Å². The Labute approximate surface area is 118 Å². The lowest BCUT2D eigenvalue weighted by molar-refractivity contribution is 0.0990. The minimum absolute atomic E-state index is 0.0796. The summed E-state index contributed by atoms with van der Waals surface area (Å²) in [5, 5.41) is 4.56.